The molecule has 2 fully saturated rings. The van der Waals surface area contributed by atoms with Crippen LogP contribution in [0, 0.1) is 5.82 Å². The number of nitrogens with zero attached hydrogens (tertiary/aromatic N) is 2. The van der Waals surface area contributed by atoms with Gasteiger partial charge in [0.05, 0.1) is 10.5 Å². The first-order valence-corrected chi connectivity index (χ1v) is 10.1. The lowest BCUT2D eigenvalue weighted by molar-refractivity contribution is 0.0788. The number of rotatable bonds is 3. The lowest BCUT2D eigenvalue weighted by Gasteiger charge is -2.37. The van der Waals surface area contributed by atoms with Gasteiger partial charge in [0.2, 0.25) is 10.0 Å². The third kappa shape index (κ3) is 3.88. The minimum absolute atomic E-state index is 0. The van der Waals surface area contributed by atoms with E-state index in [1.165, 1.54) is 16.4 Å². The fraction of sp³-hybridized carbons (Fsp3) is 0.588. The zero-order chi connectivity index (χ0) is 18.2. The van der Waals surface area contributed by atoms with Crippen LogP contribution in [0.15, 0.2) is 23.1 Å². The summed E-state index contributed by atoms with van der Waals surface area (Å²) in [6, 6.07) is 3.38. The summed E-state index contributed by atoms with van der Waals surface area (Å²) in [4.78, 5) is 13.8. The smallest absolute Gasteiger partial charge is 0.256 e. The number of nitrogens with one attached hydrogen (secondary N) is 1. The van der Waals surface area contributed by atoms with E-state index in [2.05, 4.69) is 5.32 Å². The van der Waals surface area contributed by atoms with E-state index in [4.69, 9.17) is 0 Å². The molecule has 2 aliphatic rings. The molecule has 1 aromatic carbocycles. The molecular weight excluding hydrogens is 381 g/mol. The molecule has 26 heavy (non-hydrogen) atoms. The van der Waals surface area contributed by atoms with E-state index in [0.717, 1.165) is 18.9 Å². The number of amides is 1. The molecule has 0 radical (unpaired) electrons. The van der Waals surface area contributed by atoms with E-state index >= 15 is 0 Å². The Bertz CT molecular complexity index is 769. The molecule has 0 spiro atoms. The number of carbonyl (C=O) groups excluding carboxylic acids is 1. The Kier molecular flexibility index (Phi) is 6.65. The van der Waals surface area contributed by atoms with E-state index in [0.29, 0.717) is 26.2 Å². The van der Waals surface area contributed by atoms with Crippen molar-refractivity contribution in [2.24, 2.45) is 0 Å². The molecule has 2 aliphatic heterocycles. The summed E-state index contributed by atoms with van der Waals surface area (Å²) in [6.07, 6.45) is 1.83. The van der Waals surface area contributed by atoms with Gasteiger partial charge < -0.3 is 10.2 Å². The Morgan fingerprint density at radius 2 is 1.85 bits per heavy atom. The quantitative estimate of drug-likeness (QED) is 0.833. The van der Waals surface area contributed by atoms with Crippen LogP contribution < -0.4 is 5.32 Å². The first-order valence-electron chi connectivity index (χ1n) is 8.66. The van der Waals surface area contributed by atoms with Gasteiger partial charge in [-0.05, 0) is 44.9 Å². The predicted octanol–water partition coefficient (Wildman–Crippen LogP) is 1.85. The van der Waals surface area contributed by atoms with Gasteiger partial charge in [0.15, 0.2) is 0 Å². The summed E-state index contributed by atoms with van der Waals surface area (Å²) in [7, 11) is -3.80. The van der Waals surface area contributed by atoms with Crippen LogP contribution in [0.2, 0.25) is 0 Å². The highest BCUT2D eigenvalue weighted by Gasteiger charge is 2.35. The number of likely N-dealkylation sites (tertiary alicyclic amines) is 1. The van der Waals surface area contributed by atoms with Gasteiger partial charge in [-0.2, -0.15) is 4.31 Å². The first kappa shape index (κ1) is 21.1. The average Bonchev–Trinajstić information content (AvgIpc) is 3.11. The molecular formula is C17H25ClFN3O3S. The van der Waals surface area contributed by atoms with Crippen molar-refractivity contribution < 1.29 is 17.6 Å². The lowest BCUT2D eigenvalue weighted by Crippen LogP contribution is -2.57. The van der Waals surface area contributed by atoms with E-state index in [9.17, 15) is 17.6 Å². The monoisotopic (exact) mass is 405 g/mol. The Labute approximate surface area is 160 Å². The van der Waals surface area contributed by atoms with Crippen molar-refractivity contribution in [2.75, 3.05) is 26.2 Å². The minimum Gasteiger partial charge on any atom is -0.339 e. The highest BCUT2D eigenvalue weighted by molar-refractivity contribution is 7.89. The molecule has 1 N–H and O–H groups in total. The van der Waals surface area contributed by atoms with Gasteiger partial charge in [0.1, 0.15) is 5.82 Å². The Balaban J connectivity index is 0.00000243. The van der Waals surface area contributed by atoms with Gasteiger partial charge in [-0.25, -0.2) is 12.8 Å². The summed E-state index contributed by atoms with van der Waals surface area (Å²) in [6.45, 7) is 5.88. The number of sulfonamides is 1. The van der Waals surface area contributed by atoms with Gasteiger partial charge in [0, 0.05) is 38.3 Å². The predicted molar refractivity (Wildman–Crippen MR) is 99.6 cm³/mol. The molecule has 3 rings (SSSR count). The third-order valence-corrected chi connectivity index (χ3v) is 7.13. The van der Waals surface area contributed by atoms with Crippen LogP contribution in [0.1, 0.15) is 37.0 Å². The molecule has 1 amide bonds. The summed E-state index contributed by atoms with van der Waals surface area (Å²) in [5, 5.41) is 3.22. The zero-order valence-corrected chi connectivity index (χ0v) is 16.6. The number of carbonyl (C=O) groups is 1. The lowest BCUT2D eigenvalue weighted by atomic mass is 10.1. The van der Waals surface area contributed by atoms with Crippen LogP contribution in [-0.4, -0.2) is 61.8 Å². The molecule has 2 heterocycles. The highest BCUT2D eigenvalue weighted by Crippen LogP contribution is 2.24. The molecule has 9 heteroatoms. The van der Waals surface area contributed by atoms with Gasteiger partial charge in [-0.15, -0.1) is 12.4 Å². The van der Waals surface area contributed by atoms with Crippen molar-refractivity contribution in [3.05, 3.63) is 29.6 Å². The molecule has 0 aliphatic carbocycles. The number of benzene rings is 1. The van der Waals surface area contributed by atoms with E-state index < -0.39 is 15.8 Å². The van der Waals surface area contributed by atoms with Crippen LogP contribution >= 0.6 is 12.4 Å². The molecule has 0 bridgehead atoms. The van der Waals surface area contributed by atoms with Crippen molar-refractivity contribution in [3.8, 4) is 0 Å². The third-order valence-electron chi connectivity index (χ3n) is 5.15. The molecule has 0 saturated carbocycles. The minimum atomic E-state index is -3.80. The SMILES string of the molecule is CC1NCCN(S(=O)(=O)c2ccc(C(=O)N3CCCC3)c(F)c2)C1C.Cl. The fourth-order valence-corrected chi connectivity index (χ4v) is 5.14. The largest absolute Gasteiger partial charge is 0.339 e. The van der Waals surface area contributed by atoms with Crippen LogP contribution in [0.5, 0.6) is 0 Å². The summed E-state index contributed by atoms with van der Waals surface area (Å²) in [5.41, 5.74) is -0.0671. The van der Waals surface area contributed by atoms with Crippen molar-refractivity contribution in [3.63, 3.8) is 0 Å². The molecule has 1 aromatic rings. The fourth-order valence-electron chi connectivity index (χ4n) is 3.42. The van der Waals surface area contributed by atoms with Crippen molar-refractivity contribution in [1.29, 1.82) is 0 Å². The van der Waals surface area contributed by atoms with E-state index in [1.54, 1.807) is 4.90 Å². The van der Waals surface area contributed by atoms with Crippen LogP contribution in [-0.2, 0) is 10.0 Å². The maximum Gasteiger partial charge on any atom is 0.256 e. The number of hydrogen-bond donors (Lipinski definition) is 1. The molecule has 2 unspecified atom stereocenters. The zero-order valence-electron chi connectivity index (χ0n) is 14.9. The van der Waals surface area contributed by atoms with Gasteiger partial charge in [0.25, 0.3) is 5.91 Å². The summed E-state index contributed by atoms with van der Waals surface area (Å²) in [5.74, 6) is -1.16. The van der Waals surface area contributed by atoms with Crippen molar-refractivity contribution in [1.82, 2.24) is 14.5 Å². The van der Waals surface area contributed by atoms with Crippen LogP contribution in [0.3, 0.4) is 0 Å². The highest BCUT2D eigenvalue weighted by atomic mass is 35.5. The Morgan fingerprint density at radius 1 is 1.19 bits per heavy atom. The van der Waals surface area contributed by atoms with Crippen LogP contribution in [0.4, 0.5) is 4.39 Å². The standard InChI is InChI=1S/C17H24FN3O3S.ClH/c1-12-13(2)21(10-7-19-12)25(23,24)14-5-6-15(16(18)11-14)17(22)20-8-3-4-9-20;/h5-6,11-13,19H,3-4,7-10H2,1-2H3;1H. The second-order valence-corrected chi connectivity index (χ2v) is 8.63. The van der Waals surface area contributed by atoms with Gasteiger partial charge in [-0.3, -0.25) is 4.79 Å². The average molecular weight is 406 g/mol. The molecule has 146 valence electrons. The van der Waals surface area contributed by atoms with E-state index in [-0.39, 0.29) is 40.9 Å². The Hall–Kier alpha value is -1.22. The number of halogens is 2. The molecule has 0 aromatic heterocycles. The second-order valence-electron chi connectivity index (χ2n) is 6.74. The summed E-state index contributed by atoms with van der Waals surface area (Å²) < 4.78 is 41.6. The molecule has 2 atom stereocenters. The van der Waals surface area contributed by atoms with Crippen molar-refractivity contribution >= 4 is 28.3 Å². The van der Waals surface area contributed by atoms with Gasteiger partial charge >= 0.3 is 0 Å². The van der Waals surface area contributed by atoms with Crippen molar-refractivity contribution in [2.45, 2.75) is 43.7 Å². The maximum atomic E-state index is 14.5. The second kappa shape index (κ2) is 8.21. The van der Waals surface area contributed by atoms with Gasteiger partial charge in [-0.1, -0.05) is 0 Å². The van der Waals surface area contributed by atoms with Crippen LogP contribution in [0.25, 0.3) is 0 Å². The topological polar surface area (TPSA) is 69.7 Å². The Morgan fingerprint density at radius 3 is 2.46 bits per heavy atom. The number of hydrogen-bond acceptors (Lipinski definition) is 4. The molecule has 6 nitrogen and oxygen atoms in total. The molecule has 2 saturated heterocycles. The normalized spacial score (nSPS) is 24.3. The first-order chi connectivity index (χ1) is 11.8. The maximum absolute atomic E-state index is 14.5. The number of piperazine rings is 1. The van der Waals surface area contributed by atoms with E-state index in [1.807, 2.05) is 13.8 Å². The summed E-state index contributed by atoms with van der Waals surface area (Å²) >= 11 is 0.